The number of carbonyl (C=O) groups is 1. The standard InChI is InChI=1S/C31H26FNO3/c1-35-28-17-21(12-16-27(28)36-18-19-9-13-22(32)14-10-19)29-30-23-6-3-2-5-20(23)11-15-25(30)33-24-7-4-8-26(34)31(24)29/h2-3,5-7,9-17,29,31,33H,4,8,18H2,1H3/t29-,31+/m0/s1. The van der Waals surface area contributed by atoms with E-state index in [2.05, 4.69) is 35.7 Å². The Morgan fingerprint density at radius 1 is 0.944 bits per heavy atom. The molecular formula is C31H26FNO3. The van der Waals surface area contributed by atoms with Crippen molar-refractivity contribution < 1.29 is 18.7 Å². The van der Waals surface area contributed by atoms with Gasteiger partial charge >= 0.3 is 0 Å². The highest BCUT2D eigenvalue weighted by Gasteiger charge is 2.41. The summed E-state index contributed by atoms with van der Waals surface area (Å²) in [6.45, 7) is 0.296. The second-order valence-electron chi connectivity index (χ2n) is 9.32. The van der Waals surface area contributed by atoms with Crippen molar-refractivity contribution in [3.8, 4) is 11.5 Å². The van der Waals surface area contributed by atoms with Crippen LogP contribution in [0, 0.1) is 11.7 Å². The number of fused-ring (bicyclic) bond motifs is 4. The van der Waals surface area contributed by atoms with Crippen LogP contribution in [0.3, 0.4) is 0 Å². The summed E-state index contributed by atoms with van der Waals surface area (Å²) in [7, 11) is 1.62. The first-order valence-electron chi connectivity index (χ1n) is 12.2. The summed E-state index contributed by atoms with van der Waals surface area (Å²) in [5.74, 6) is 0.756. The van der Waals surface area contributed by atoms with E-state index in [1.165, 1.54) is 12.1 Å². The second-order valence-corrected chi connectivity index (χ2v) is 9.32. The molecule has 4 nitrogen and oxygen atoms in total. The van der Waals surface area contributed by atoms with Gasteiger partial charge in [-0.2, -0.15) is 0 Å². The third-order valence-corrected chi connectivity index (χ3v) is 7.19. The van der Waals surface area contributed by atoms with Gasteiger partial charge in [-0.05, 0) is 64.2 Å². The first-order chi connectivity index (χ1) is 17.6. The lowest BCUT2D eigenvalue weighted by atomic mass is 9.70. The number of anilines is 1. The number of rotatable bonds is 5. The SMILES string of the molecule is COc1cc([C@H]2c3c(ccc4ccccc34)NC3=CCCC(=O)[C@@H]32)ccc1OCc1ccc(F)cc1. The van der Waals surface area contributed by atoms with Crippen LogP contribution in [0.15, 0.2) is 90.6 Å². The van der Waals surface area contributed by atoms with E-state index < -0.39 is 0 Å². The van der Waals surface area contributed by atoms with Crippen molar-refractivity contribution in [1.82, 2.24) is 0 Å². The molecular weight excluding hydrogens is 453 g/mol. The Hall–Kier alpha value is -4.12. The van der Waals surface area contributed by atoms with E-state index in [1.54, 1.807) is 19.2 Å². The highest BCUT2D eigenvalue weighted by atomic mass is 19.1. The molecule has 0 saturated carbocycles. The van der Waals surface area contributed by atoms with Crippen LogP contribution in [0.25, 0.3) is 10.8 Å². The number of allylic oxidation sites excluding steroid dienone is 2. The largest absolute Gasteiger partial charge is 0.493 e. The Bertz CT molecular complexity index is 1490. The quantitative estimate of drug-likeness (QED) is 0.335. The molecule has 1 aliphatic heterocycles. The Kier molecular flexibility index (Phi) is 5.68. The van der Waals surface area contributed by atoms with Crippen LogP contribution < -0.4 is 14.8 Å². The highest BCUT2D eigenvalue weighted by Crippen LogP contribution is 2.50. The Morgan fingerprint density at radius 3 is 2.61 bits per heavy atom. The zero-order valence-corrected chi connectivity index (χ0v) is 20.0. The molecule has 36 heavy (non-hydrogen) atoms. The number of ether oxygens (including phenoxy) is 2. The minimum atomic E-state index is -0.277. The normalized spacial score (nSPS) is 18.6. The van der Waals surface area contributed by atoms with Crippen LogP contribution in [0.1, 0.15) is 35.4 Å². The minimum absolute atomic E-state index is 0.147. The van der Waals surface area contributed by atoms with Crippen LogP contribution in [-0.4, -0.2) is 12.9 Å². The summed E-state index contributed by atoms with van der Waals surface area (Å²) in [4.78, 5) is 13.3. The molecule has 1 aliphatic carbocycles. The third kappa shape index (κ3) is 3.91. The molecule has 5 heteroatoms. The molecule has 4 aromatic carbocycles. The second kappa shape index (κ2) is 9.15. The molecule has 0 spiro atoms. The van der Waals surface area contributed by atoms with Crippen molar-refractivity contribution in [3.05, 3.63) is 113 Å². The van der Waals surface area contributed by atoms with Gasteiger partial charge in [0.15, 0.2) is 11.5 Å². The number of ketones is 1. The summed E-state index contributed by atoms with van der Waals surface area (Å²) in [6, 6.07) is 24.7. The first kappa shape index (κ1) is 22.4. The Labute approximate surface area is 209 Å². The van der Waals surface area contributed by atoms with Crippen LogP contribution in [0.5, 0.6) is 11.5 Å². The summed E-state index contributed by atoms with van der Waals surface area (Å²) in [6.07, 6.45) is 3.46. The van der Waals surface area contributed by atoms with Gasteiger partial charge in [0.2, 0.25) is 0 Å². The lowest BCUT2D eigenvalue weighted by molar-refractivity contribution is -0.122. The molecule has 4 aromatic rings. The summed E-state index contributed by atoms with van der Waals surface area (Å²) in [5.41, 5.74) is 5.02. The van der Waals surface area contributed by atoms with Crippen molar-refractivity contribution in [3.63, 3.8) is 0 Å². The predicted octanol–water partition coefficient (Wildman–Crippen LogP) is 6.99. The smallest absolute Gasteiger partial charge is 0.161 e. The maximum atomic E-state index is 13.3. The minimum Gasteiger partial charge on any atom is -0.493 e. The van der Waals surface area contributed by atoms with Gasteiger partial charge in [-0.15, -0.1) is 0 Å². The number of Topliss-reactive ketones (excluding diaryl/α,β-unsaturated/α-hetero) is 1. The number of carbonyl (C=O) groups excluding carboxylic acids is 1. The lowest BCUT2D eigenvalue weighted by Gasteiger charge is -2.38. The van der Waals surface area contributed by atoms with Crippen molar-refractivity contribution in [2.75, 3.05) is 12.4 Å². The van der Waals surface area contributed by atoms with Crippen molar-refractivity contribution >= 4 is 22.2 Å². The van der Waals surface area contributed by atoms with Gasteiger partial charge in [0.25, 0.3) is 0 Å². The zero-order valence-electron chi connectivity index (χ0n) is 20.0. The van der Waals surface area contributed by atoms with Gasteiger partial charge in [-0.3, -0.25) is 4.79 Å². The number of benzene rings is 4. The van der Waals surface area contributed by atoms with E-state index >= 15 is 0 Å². The van der Waals surface area contributed by atoms with Crippen LogP contribution >= 0.6 is 0 Å². The molecule has 0 bridgehead atoms. The Balaban J connectivity index is 1.44. The number of halogens is 1. The zero-order chi connectivity index (χ0) is 24.6. The van der Waals surface area contributed by atoms with Crippen LogP contribution in [0.4, 0.5) is 10.1 Å². The Morgan fingerprint density at radius 2 is 1.78 bits per heavy atom. The number of nitrogens with one attached hydrogen (secondary N) is 1. The van der Waals surface area contributed by atoms with E-state index in [0.717, 1.165) is 45.3 Å². The van der Waals surface area contributed by atoms with Gasteiger partial charge in [-0.25, -0.2) is 4.39 Å². The lowest BCUT2D eigenvalue weighted by Crippen LogP contribution is -2.34. The molecule has 180 valence electrons. The monoisotopic (exact) mass is 479 g/mol. The molecule has 0 radical (unpaired) electrons. The van der Waals surface area contributed by atoms with Crippen molar-refractivity contribution in [2.24, 2.45) is 5.92 Å². The van der Waals surface area contributed by atoms with Gasteiger partial charge in [0.1, 0.15) is 18.2 Å². The van der Waals surface area contributed by atoms with Gasteiger partial charge in [-0.1, -0.05) is 54.6 Å². The number of methoxy groups -OCH3 is 1. The van der Waals surface area contributed by atoms with E-state index in [1.807, 2.05) is 30.3 Å². The van der Waals surface area contributed by atoms with E-state index in [-0.39, 0.29) is 23.4 Å². The molecule has 0 saturated heterocycles. The van der Waals surface area contributed by atoms with Crippen molar-refractivity contribution in [1.29, 1.82) is 0 Å². The average Bonchev–Trinajstić information content (AvgIpc) is 2.91. The van der Waals surface area contributed by atoms with Crippen LogP contribution in [0.2, 0.25) is 0 Å². The average molecular weight is 480 g/mol. The molecule has 6 rings (SSSR count). The third-order valence-electron chi connectivity index (χ3n) is 7.19. The first-order valence-corrected chi connectivity index (χ1v) is 12.2. The summed E-state index contributed by atoms with van der Waals surface area (Å²) >= 11 is 0. The number of hydrogen-bond acceptors (Lipinski definition) is 4. The molecule has 2 aliphatic rings. The molecule has 1 heterocycles. The highest BCUT2D eigenvalue weighted by molar-refractivity contribution is 5.96. The number of hydrogen-bond donors (Lipinski definition) is 1. The fourth-order valence-corrected chi connectivity index (χ4v) is 5.48. The summed E-state index contributed by atoms with van der Waals surface area (Å²) < 4.78 is 25.0. The van der Waals surface area contributed by atoms with E-state index in [4.69, 9.17) is 9.47 Å². The topological polar surface area (TPSA) is 47.6 Å². The predicted molar refractivity (Wildman–Crippen MR) is 139 cm³/mol. The van der Waals surface area contributed by atoms with Crippen molar-refractivity contribution in [2.45, 2.75) is 25.4 Å². The molecule has 1 N–H and O–H groups in total. The van der Waals surface area contributed by atoms with Gasteiger partial charge in [0, 0.05) is 23.7 Å². The fourth-order valence-electron chi connectivity index (χ4n) is 5.48. The molecule has 2 atom stereocenters. The molecule has 0 fully saturated rings. The fraction of sp³-hybridized carbons (Fsp3) is 0.194. The maximum Gasteiger partial charge on any atom is 0.161 e. The molecule has 0 aromatic heterocycles. The molecule has 0 amide bonds. The maximum absolute atomic E-state index is 13.3. The van der Waals surface area contributed by atoms with Gasteiger partial charge in [0.05, 0.1) is 13.0 Å². The molecule has 0 unspecified atom stereocenters. The van der Waals surface area contributed by atoms with E-state index in [0.29, 0.717) is 24.5 Å². The summed E-state index contributed by atoms with van der Waals surface area (Å²) in [5, 5.41) is 5.84. The van der Waals surface area contributed by atoms with Crippen LogP contribution in [-0.2, 0) is 11.4 Å². The van der Waals surface area contributed by atoms with Gasteiger partial charge < -0.3 is 14.8 Å². The van der Waals surface area contributed by atoms with E-state index in [9.17, 15) is 9.18 Å².